The fourth-order valence-electron chi connectivity index (χ4n) is 2.45. The third-order valence-corrected chi connectivity index (χ3v) is 4.68. The maximum Gasteiger partial charge on any atom is 0.205 e. The lowest BCUT2D eigenvalue weighted by Crippen LogP contribution is -2.11. The van der Waals surface area contributed by atoms with E-state index >= 15 is 0 Å². The quantitative estimate of drug-likeness (QED) is 0.701. The van der Waals surface area contributed by atoms with Crippen LogP contribution in [0.5, 0.6) is 17.2 Å². The number of benzene rings is 2. The molecule has 0 saturated heterocycles. The van der Waals surface area contributed by atoms with Gasteiger partial charge in [0.2, 0.25) is 4.80 Å². The SMILES string of the molecule is CN=c1scc(-c2cc(OC)ccc2OC)n1/N=C/c1ccc(O)cc1. The summed E-state index contributed by atoms with van der Waals surface area (Å²) < 4.78 is 12.6. The van der Waals surface area contributed by atoms with Gasteiger partial charge in [-0.2, -0.15) is 5.10 Å². The lowest BCUT2D eigenvalue weighted by molar-refractivity contribution is 0.404. The van der Waals surface area contributed by atoms with E-state index in [1.54, 1.807) is 56.4 Å². The van der Waals surface area contributed by atoms with Gasteiger partial charge < -0.3 is 14.6 Å². The van der Waals surface area contributed by atoms with E-state index in [-0.39, 0.29) is 5.75 Å². The molecule has 0 unspecified atom stereocenters. The molecule has 0 bridgehead atoms. The van der Waals surface area contributed by atoms with Gasteiger partial charge in [0, 0.05) is 18.0 Å². The molecule has 0 radical (unpaired) electrons. The maximum atomic E-state index is 9.40. The predicted octanol–water partition coefficient (Wildman–Crippen LogP) is 3.35. The Labute approximate surface area is 155 Å². The number of phenolic OH excluding ortho intramolecular Hbond substituents is 1. The Morgan fingerprint density at radius 1 is 1.08 bits per heavy atom. The number of rotatable bonds is 5. The number of methoxy groups -OCH3 is 2. The van der Waals surface area contributed by atoms with E-state index in [4.69, 9.17) is 9.47 Å². The number of hydrogen-bond donors (Lipinski definition) is 1. The molecular formula is C19H19N3O3S. The van der Waals surface area contributed by atoms with Crippen molar-refractivity contribution in [2.24, 2.45) is 10.1 Å². The van der Waals surface area contributed by atoms with Gasteiger partial charge >= 0.3 is 0 Å². The summed E-state index contributed by atoms with van der Waals surface area (Å²) >= 11 is 1.49. The highest BCUT2D eigenvalue weighted by molar-refractivity contribution is 7.07. The standard InChI is InChI=1S/C19H19N3O3S/c1-20-19-22(21-11-13-4-6-14(23)7-5-13)17(12-26-19)16-10-15(24-2)8-9-18(16)25-3/h4-12,23H,1-3H3/b20-19?,21-11+. The van der Waals surface area contributed by atoms with Crippen LogP contribution >= 0.6 is 11.3 Å². The van der Waals surface area contributed by atoms with Gasteiger partial charge in [-0.3, -0.25) is 4.99 Å². The van der Waals surface area contributed by atoms with E-state index in [2.05, 4.69) is 10.1 Å². The summed E-state index contributed by atoms with van der Waals surface area (Å²) in [4.78, 5) is 5.05. The minimum Gasteiger partial charge on any atom is -0.508 e. The van der Waals surface area contributed by atoms with Crippen molar-refractivity contribution in [1.82, 2.24) is 4.68 Å². The third kappa shape index (κ3) is 3.62. The molecule has 0 saturated carbocycles. The van der Waals surface area contributed by atoms with Crippen LogP contribution in [0.25, 0.3) is 11.3 Å². The van der Waals surface area contributed by atoms with E-state index in [1.165, 1.54) is 11.3 Å². The first-order chi connectivity index (χ1) is 12.7. The maximum absolute atomic E-state index is 9.40. The molecule has 1 heterocycles. The molecule has 134 valence electrons. The molecule has 3 rings (SSSR count). The molecule has 0 aliphatic heterocycles. The van der Waals surface area contributed by atoms with Crippen LogP contribution in [0, 0.1) is 0 Å². The monoisotopic (exact) mass is 369 g/mol. The van der Waals surface area contributed by atoms with Crippen molar-refractivity contribution in [2.75, 3.05) is 21.3 Å². The predicted molar refractivity (Wildman–Crippen MR) is 103 cm³/mol. The molecular weight excluding hydrogens is 350 g/mol. The third-order valence-electron chi connectivity index (χ3n) is 3.77. The molecule has 1 aromatic heterocycles. The molecule has 26 heavy (non-hydrogen) atoms. The zero-order valence-electron chi connectivity index (χ0n) is 14.7. The second kappa shape index (κ2) is 7.88. The highest BCUT2D eigenvalue weighted by atomic mass is 32.1. The summed E-state index contributed by atoms with van der Waals surface area (Å²) in [5, 5.41) is 16.0. The molecule has 0 spiro atoms. The molecule has 0 amide bonds. The fraction of sp³-hybridized carbons (Fsp3) is 0.158. The van der Waals surface area contributed by atoms with Crippen LogP contribution in [0.15, 0.2) is 57.9 Å². The Kier molecular flexibility index (Phi) is 5.38. The van der Waals surface area contributed by atoms with Gasteiger partial charge in [0.1, 0.15) is 17.2 Å². The number of thiazole rings is 1. The van der Waals surface area contributed by atoms with Crippen molar-refractivity contribution >= 4 is 17.6 Å². The highest BCUT2D eigenvalue weighted by Crippen LogP contribution is 2.33. The average Bonchev–Trinajstić information content (AvgIpc) is 3.09. The first kappa shape index (κ1) is 17.8. The van der Waals surface area contributed by atoms with Crippen molar-refractivity contribution in [1.29, 1.82) is 0 Å². The topological polar surface area (TPSA) is 68.3 Å². The molecule has 0 atom stereocenters. The summed E-state index contributed by atoms with van der Waals surface area (Å²) in [5.74, 6) is 1.67. The normalized spacial score (nSPS) is 11.9. The van der Waals surface area contributed by atoms with E-state index in [0.29, 0.717) is 0 Å². The Morgan fingerprint density at radius 2 is 1.85 bits per heavy atom. The largest absolute Gasteiger partial charge is 0.508 e. The van der Waals surface area contributed by atoms with Crippen LogP contribution < -0.4 is 14.3 Å². The van der Waals surface area contributed by atoms with Crippen LogP contribution in [0.4, 0.5) is 0 Å². The first-order valence-electron chi connectivity index (χ1n) is 7.85. The van der Waals surface area contributed by atoms with Crippen molar-refractivity contribution in [2.45, 2.75) is 0 Å². The van der Waals surface area contributed by atoms with Gasteiger partial charge in [-0.1, -0.05) is 0 Å². The Balaban J connectivity index is 2.10. The molecule has 0 fully saturated rings. The van der Waals surface area contributed by atoms with Crippen molar-refractivity contribution < 1.29 is 14.6 Å². The second-order valence-electron chi connectivity index (χ2n) is 5.34. The van der Waals surface area contributed by atoms with Gasteiger partial charge in [-0.05, 0) is 48.0 Å². The summed E-state index contributed by atoms with van der Waals surface area (Å²) in [6.45, 7) is 0. The molecule has 1 N–H and O–H groups in total. The summed E-state index contributed by atoms with van der Waals surface area (Å²) in [6, 6.07) is 12.5. The summed E-state index contributed by atoms with van der Waals surface area (Å²) in [5.41, 5.74) is 2.58. The first-order valence-corrected chi connectivity index (χ1v) is 8.73. The minimum absolute atomic E-state index is 0.219. The number of aromatic nitrogens is 1. The smallest absolute Gasteiger partial charge is 0.205 e. The Morgan fingerprint density at radius 3 is 2.50 bits per heavy atom. The van der Waals surface area contributed by atoms with Gasteiger partial charge in [0.25, 0.3) is 0 Å². The van der Waals surface area contributed by atoms with Crippen molar-refractivity contribution in [3.63, 3.8) is 0 Å². The van der Waals surface area contributed by atoms with E-state index in [0.717, 1.165) is 33.1 Å². The van der Waals surface area contributed by atoms with Crippen LogP contribution in [0.3, 0.4) is 0 Å². The lowest BCUT2D eigenvalue weighted by Gasteiger charge is -2.11. The Bertz CT molecular complexity index is 988. The van der Waals surface area contributed by atoms with Crippen molar-refractivity contribution in [3.8, 4) is 28.5 Å². The molecule has 0 aliphatic rings. The number of nitrogens with zero attached hydrogens (tertiary/aromatic N) is 3. The van der Waals surface area contributed by atoms with Crippen LogP contribution in [-0.2, 0) is 0 Å². The summed E-state index contributed by atoms with van der Waals surface area (Å²) in [7, 11) is 4.99. The molecule has 2 aromatic carbocycles. The fourth-order valence-corrected chi connectivity index (χ4v) is 3.24. The van der Waals surface area contributed by atoms with E-state index in [9.17, 15) is 5.11 Å². The zero-order valence-corrected chi connectivity index (χ0v) is 15.5. The Hall–Kier alpha value is -3.06. The number of aromatic hydroxyl groups is 1. The lowest BCUT2D eigenvalue weighted by atomic mass is 10.1. The molecule has 3 aromatic rings. The van der Waals surface area contributed by atoms with Crippen molar-refractivity contribution in [3.05, 3.63) is 58.2 Å². The van der Waals surface area contributed by atoms with Gasteiger partial charge in [0.15, 0.2) is 0 Å². The molecule has 7 heteroatoms. The van der Waals surface area contributed by atoms with E-state index < -0.39 is 0 Å². The number of hydrogen-bond acceptors (Lipinski definition) is 6. The van der Waals surface area contributed by atoms with Gasteiger partial charge in [0.05, 0.1) is 26.1 Å². The molecule has 6 nitrogen and oxygen atoms in total. The van der Waals surface area contributed by atoms with E-state index in [1.807, 2.05) is 23.6 Å². The zero-order chi connectivity index (χ0) is 18.5. The number of ether oxygens (including phenoxy) is 2. The summed E-state index contributed by atoms with van der Waals surface area (Å²) in [6.07, 6.45) is 1.72. The minimum atomic E-state index is 0.219. The van der Waals surface area contributed by atoms with Crippen LogP contribution in [0.1, 0.15) is 5.56 Å². The van der Waals surface area contributed by atoms with Gasteiger partial charge in [-0.25, -0.2) is 4.68 Å². The molecule has 0 aliphatic carbocycles. The second-order valence-corrected chi connectivity index (χ2v) is 6.18. The average molecular weight is 369 g/mol. The highest BCUT2D eigenvalue weighted by Gasteiger charge is 2.13. The number of phenols is 1. The van der Waals surface area contributed by atoms with Gasteiger partial charge in [-0.15, -0.1) is 11.3 Å². The van der Waals surface area contributed by atoms with Crippen LogP contribution in [-0.4, -0.2) is 37.3 Å². The van der Waals surface area contributed by atoms with Crippen LogP contribution in [0.2, 0.25) is 0 Å².